The Morgan fingerprint density at radius 3 is 2.48 bits per heavy atom. The van der Waals surface area contributed by atoms with Gasteiger partial charge in [-0.2, -0.15) is 0 Å². The van der Waals surface area contributed by atoms with Gasteiger partial charge in [0.1, 0.15) is 5.82 Å². The van der Waals surface area contributed by atoms with E-state index in [-0.39, 0.29) is 24.2 Å². The fraction of sp³-hybridized carbons (Fsp3) is 0.240. The summed E-state index contributed by atoms with van der Waals surface area (Å²) in [5.41, 5.74) is 9.38. The number of ketones is 1. The molecule has 7 nitrogen and oxygen atoms in total. The summed E-state index contributed by atoms with van der Waals surface area (Å²) in [6.45, 7) is 1.48. The van der Waals surface area contributed by atoms with Crippen LogP contribution in [0.3, 0.4) is 0 Å². The van der Waals surface area contributed by atoms with Crippen molar-refractivity contribution >= 4 is 41.3 Å². The van der Waals surface area contributed by atoms with Crippen molar-refractivity contribution in [3.63, 3.8) is 0 Å². The van der Waals surface area contributed by atoms with Crippen LogP contribution in [0.4, 0.5) is 17.2 Å². The van der Waals surface area contributed by atoms with Crippen LogP contribution in [-0.4, -0.2) is 29.3 Å². The second-order valence-electron chi connectivity index (χ2n) is 7.93. The maximum atomic E-state index is 12.3. The summed E-state index contributed by atoms with van der Waals surface area (Å²) in [4.78, 5) is 28.5. The number of carbonyl (C=O) groups excluding carboxylic acids is 2. The number of halogens is 1. The molecule has 0 bridgehead atoms. The maximum absolute atomic E-state index is 12.3. The third kappa shape index (κ3) is 6.54. The number of aromatic nitrogens is 1. The first kappa shape index (κ1) is 24.2. The van der Waals surface area contributed by atoms with Crippen LogP contribution >= 0.6 is 12.4 Å². The number of primary amides is 1. The van der Waals surface area contributed by atoms with Crippen molar-refractivity contribution in [3.8, 4) is 0 Å². The smallest absolute Gasteiger partial charge is 0.252 e. The molecule has 1 aliphatic heterocycles. The zero-order valence-electron chi connectivity index (χ0n) is 18.2. The summed E-state index contributed by atoms with van der Waals surface area (Å²) in [5, 5.41) is 9.76. The van der Waals surface area contributed by atoms with Crippen molar-refractivity contribution in [2.24, 2.45) is 5.73 Å². The van der Waals surface area contributed by atoms with Crippen molar-refractivity contribution < 1.29 is 9.59 Å². The van der Waals surface area contributed by atoms with E-state index in [9.17, 15) is 9.59 Å². The van der Waals surface area contributed by atoms with Gasteiger partial charge < -0.3 is 21.7 Å². The van der Waals surface area contributed by atoms with Gasteiger partial charge in [0.25, 0.3) is 5.91 Å². The topological polar surface area (TPSA) is 109 Å². The van der Waals surface area contributed by atoms with E-state index in [0.29, 0.717) is 30.0 Å². The van der Waals surface area contributed by atoms with Gasteiger partial charge >= 0.3 is 0 Å². The molecule has 0 spiro atoms. The molecule has 0 radical (unpaired) electrons. The molecule has 0 aliphatic carbocycles. The second kappa shape index (κ2) is 11.4. The zero-order chi connectivity index (χ0) is 22.3. The van der Waals surface area contributed by atoms with Crippen molar-refractivity contribution in [2.75, 3.05) is 17.2 Å². The molecule has 172 valence electrons. The van der Waals surface area contributed by atoms with Gasteiger partial charge in [-0.25, -0.2) is 4.98 Å². The van der Waals surface area contributed by atoms with Gasteiger partial charge in [-0.1, -0.05) is 42.5 Å². The van der Waals surface area contributed by atoms with E-state index in [1.807, 2.05) is 54.6 Å². The first-order valence-corrected chi connectivity index (χ1v) is 10.8. The van der Waals surface area contributed by atoms with E-state index >= 15 is 0 Å². The van der Waals surface area contributed by atoms with E-state index < -0.39 is 5.91 Å². The molecular formula is C25H28ClN5O2. The first-order valence-electron chi connectivity index (χ1n) is 10.8. The molecule has 33 heavy (non-hydrogen) atoms. The van der Waals surface area contributed by atoms with Crippen LogP contribution in [0, 0.1) is 0 Å². The second-order valence-corrected chi connectivity index (χ2v) is 7.93. The van der Waals surface area contributed by atoms with Crippen molar-refractivity contribution in [3.05, 3.63) is 83.6 Å². The molecule has 8 heteroatoms. The van der Waals surface area contributed by atoms with Crippen molar-refractivity contribution in [1.29, 1.82) is 0 Å². The van der Waals surface area contributed by atoms with Gasteiger partial charge in [0, 0.05) is 30.9 Å². The summed E-state index contributed by atoms with van der Waals surface area (Å²) >= 11 is 0. The number of hydrogen-bond donors (Lipinski definition) is 4. The highest BCUT2D eigenvalue weighted by Crippen LogP contribution is 2.23. The average molecular weight is 466 g/mol. The van der Waals surface area contributed by atoms with E-state index in [1.54, 1.807) is 6.07 Å². The lowest BCUT2D eigenvalue weighted by Crippen LogP contribution is -2.31. The number of pyridine rings is 1. The normalized spacial score (nSPS) is 14.8. The Morgan fingerprint density at radius 2 is 1.82 bits per heavy atom. The maximum Gasteiger partial charge on any atom is 0.252 e. The van der Waals surface area contributed by atoms with Crippen LogP contribution in [0.1, 0.15) is 34.3 Å². The van der Waals surface area contributed by atoms with Gasteiger partial charge in [-0.05, 0) is 42.6 Å². The molecule has 5 N–H and O–H groups in total. The van der Waals surface area contributed by atoms with E-state index in [2.05, 4.69) is 20.9 Å². The number of anilines is 3. The molecule has 1 saturated heterocycles. The molecule has 1 fully saturated rings. The van der Waals surface area contributed by atoms with Crippen LogP contribution in [0.5, 0.6) is 0 Å². The molecule has 1 amide bonds. The summed E-state index contributed by atoms with van der Waals surface area (Å²) in [6, 6.07) is 19.4. The SMILES string of the molecule is Cl.NC(=O)c1cnc(Nc2ccc(CC(=O)[C@@H]3CCCN3)cc2)cc1NCc1ccccc1. The lowest BCUT2D eigenvalue weighted by atomic mass is 10.0. The fourth-order valence-electron chi connectivity index (χ4n) is 3.80. The lowest BCUT2D eigenvalue weighted by Gasteiger charge is -2.13. The molecule has 0 saturated carbocycles. The summed E-state index contributed by atoms with van der Waals surface area (Å²) < 4.78 is 0. The number of hydrogen-bond acceptors (Lipinski definition) is 6. The number of nitrogens with two attached hydrogens (primary N) is 1. The Labute approximate surface area is 199 Å². The average Bonchev–Trinajstić information content (AvgIpc) is 3.35. The molecule has 1 aliphatic rings. The standard InChI is InChI=1S/C25H27N5O2.ClH/c26-25(32)20-16-29-24(14-22(20)28-15-18-5-2-1-3-6-18)30-19-10-8-17(9-11-19)13-23(31)21-7-4-12-27-21;/h1-3,5-6,8-11,14,16,21,27H,4,7,12-13,15H2,(H2,26,32)(H2,28,29,30);1H/t21-;/m0./s1. The lowest BCUT2D eigenvalue weighted by molar-refractivity contribution is -0.120. The molecule has 2 heterocycles. The van der Waals surface area contributed by atoms with Crippen LogP contribution in [0.25, 0.3) is 0 Å². The molecule has 3 aromatic rings. The number of rotatable bonds is 9. The van der Waals surface area contributed by atoms with Gasteiger partial charge in [-0.3, -0.25) is 9.59 Å². The number of nitrogens with one attached hydrogen (secondary N) is 3. The predicted octanol–water partition coefficient (Wildman–Crippen LogP) is 3.82. The number of Topliss-reactive ketones (excluding diaryl/α,β-unsaturated/α-hetero) is 1. The van der Waals surface area contributed by atoms with Crippen molar-refractivity contribution in [1.82, 2.24) is 10.3 Å². The summed E-state index contributed by atoms with van der Waals surface area (Å²) in [6.07, 6.45) is 3.88. The molecule has 0 unspecified atom stereocenters. The van der Waals surface area contributed by atoms with Gasteiger partial charge in [0.15, 0.2) is 5.78 Å². The Hall–Kier alpha value is -3.42. The Balaban J connectivity index is 0.00000306. The largest absolute Gasteiger partial charge is 0.380 e. The Morgan fingerprint density at radius 1 is 1.06 bits per heavy atom. The van der Waals surface area contributed by atoms with Gasteiger partial charge in [-0.15, -0.1) is 12.4 Å². The monoisotopic (exact) mass is 465 g/mol. The summed E-state index contributed by atoms with van der Waals surface area (Å²) in [7, 11) is 0. The van der Waals surface area contributed by atoms with Crippen LogP contribution in [0.2, 0.25) is 0 Å². The number of amides is 1. The van der Waals surface area contributed by atoms with Crippen LogP contribution < -0.4 is 21.7 Å². The molecule has 1 aromatic heterocycles. The first-order chi connectivity index (χ1) is 15.6. The minimum absolute atomic E-state index is 0. The zero-order valence-corrected chi connectivity index (χ0v) is 19.0. The highest BCUT2D eigenvalue weighted by Gasteiger charge is 2.21. The minimum atomic E-state index is -0.537. The molecular weight excluding hydrogens is 438 g/mol. The quantitative estimate of drug-likeness (QED) is 0.382. The molecule has 2 aromatic carbocycles. The minimum Gasteiger partial charge on any atom is -0.380 e. The number of benzene rings is 2. The van der Waals surface area contributed by atoms with Crippen LogP contribution in [-0.2, 0) is 17.8 Å². The van der Waals surface area contributed by atoms with Crippen LogP contribution in [0.15, 0.2) is 66.9 Å². The van der Waals surface area contributed by atoms with Crippen molar-refractivity contribution in [2.45, 2.75) is 31.8 Å². The third-order valence-corrected chi connectivity index (χ3v) is 5.55. The summed E-state index contributed by atoms with van der Waals surface area (Å²) in [5.74, 6) is 0.288. The van der Waals surface area contributed by atoms with E-state index in [0.717, 1.165) is 36.2 Å². The molecule has 4 rings (SSSR count). The number of nitrogens with zero attached hydrogens (tertiary/aromatic N) is 1. The highest BCUT2D eigenvalue weighted by molar-refractivity contribution is 5.98. The van der Waals surface area contributed by atoms with E-state index in [1.165, 1.54) is 6.20 Å². The molecule has 1 atom stereocenters. The predicted molar refractivity (Wildman–Crippen MR) is 133 cm³/mol. The Kier molecular flexibility index (Phi) is 8.40. The number of carbonyl (C=O) groups is 2. The van der Waals surface area contributed by atoms with Gasteiger partial charge in [0.05, 0.1) is 17.3 Å². The van der Waals surface area contributed by atoms with E-state index in [4.69, 9.17) is 5.73 Å². The fourth-order valence-corrected chi connectivity index (χ4v) is 3.80. The Bertz CT molecular complexity index is 1080. The highest BCUT2D eigenvalue weighted by atomic mass is 35.5. The third-order valence-electron chi connectivity index (χ3n) is 5.55. The van der Waals surface area contributed by atoms with Gasteiger partial charge in [0.2, 0.25) is 0 Å².